The highest BCUT2D eigenvalue weighted by atomic mass is 19.4. The third-order valence-corrected chi connectivity index (χ3v) is 5.29. The summed E-state index contributed by atoms with van der Waals surface area (Å²) in [7, 11) is 0. The van der Waals surface area contributed by atoms with Crippen LogP contribution in [0.2, 0.25) is 0 Å². The molecule has 0 saturated heterocycles. The summed E-state index contributed by atoms with van der Waals surface area (Å²) in [5.74, 6) is -1.74. The van der Waals surface area contributed by atoms with Crippen molar-refractivity contribution in [3.63, 3.8) is 0 Å². The molecule has 0 saturated carbocycles. The lowest BCUT2D eigenvalue weighted by molar-refractivity contribution is -0.143. The smallest absolute Gasteiger partial charge is 0.417 e. The van der Waals surface area contributed by atoms with Gasteiger partial charge in [-0.05, 0) is 67.1 Å². The number of fused-ring (bicyclic) bond motifs is 2. The third kappa shape index (κ3) is 3.42. The van der Waals surface area contributed by atoms with Crippen LogP contribution in [0, 0.1) is 0 Å². The maximum Gasteiger partial charge on any atom is 0.417 e. The molecule has 1 aromatic heterocycles. The van der Waals surface area contributed by atoms with Crippen LogP contribution in [0.3, 0.4) is 0 Å². The van der Waals surface area contributed by atoms with Gasteiger partial charge in [-0.1, -0.05) is 0 Å². The largest absolute Gasteiger partial charge is 0.450 e. The number of hydrogen-bond donors (Lipinski definition) is 1. The van der Waals surface area contributed by atoms with Crippen molar-refractivity contribution in [1.82, 2.24) is 0 Å². The highest BCUT2D eigenvalue weighted by molar-refractivity contribution is 6.15. The molecule has 1 aliphatic carbocycles. The molecule has 0 atom stereocenters. The van der Waals surface area contributed by atoms with Crippen LogP contribution in [0.25, 0.3) is 11.0 Å². The van der Waals surface area contributed by atoms with Crippen molar-refractivity contribution in [2.24, 2.45) is 0 Å². The van der Waals surface area contributed by atoms with Gasteiger partial charge in [0.25, 0.3) is 0 Å². The predicted octanol–water partition coefficient (Wildman–Crippen LogP) is 6.16. The van der Waals surface area contributed by atoms with Crippen molar-refractivity contribution in [3.8, 4) is 0 Å². The summed E-state index contributed by atoms with van der Waals surface area (Å²) in [5.41, 5.74) is 4.03. The molecule has 0 aliphatic heterocycles. The summed E-state index contributed by atoms with van der Waals surface area (Å²) < 4.78 is 84.4. The molecule has 0 bridgehead atoms. The van der Waals surface area contributed by atoms with Crippen molar-refractivity contribution in [3.05, 3.63) is 63.9 Å². The lowest BCUT2D eigenvalue weighted by Crippen LogP contribution is -2.17. The molecule has 4 rings (SSSR count). The Morgan fingerprint density at radius 1 is 0.900 bits per heavy atom. The Morgan fingerprint density at radius 3 is 2.13 bits per heavy atom. The lowest BCUT2D eigenvalue weighted by Gasteiger charge is -2.15. The quantitative estimate of drug-likeness (QED) is 0.394. The van der Waals surface area contributed by atoms with Crippen molar-refractivity contribution in [2.75, 3.05) is 5.73 Å². The maximum atomic E-state index is 13.4. The third-order valence-electron chi connectivity index (χ3n) is 5.29. The fourth-order valence-corrected chi connectivity index (χ4v) is 3.79. The van der Waals surface area contributed by atoms with E-state index in [1.807, 2.05) is 0 Å². The predicted molar refractivity (Wildman–Crippen MR) is 97.1 cm³/mol. The molecule has 1 aliphatic rings. The molecule has 0 radical (unpaired) electrons. The fraction of sp³-hybridized carbons (Fsp3) is 0.286. The highest BCUT2D eigenvalue weighted by Crippen LogP contribution is 2.40. The zero-order valence-corrected chi connectivity index (χ0v) is 15.4. The van der Waals surface area contributed by atoms with Gasteiger partial charge >= 0.3 is 12.4 Å². The SMILES string of the molecule is Nc1c(C(=O)c2ccc(C(F)(F)F)cc2C(F)(F)F)oc2cc3c(cc12)CCCC3. The number of anilines is 1. The van der Waals surface area contributed by atoms with Crippen LogP contribution in [0.5, 0.6) is 0 Å². The molecule has 3 aromatic rings. The van der Waals surface area contributed by atoms with E-state index >= 15 is 0 Å². The minimum Gasteiger partial charge on any atom is -0.450 e. The topological polar surface area (TPSA) is 56.2 Å². The van der Waals surface area contributed by atoms with Crippen molar-refractivity contribution in [1.29, 1.82) is 0 Å². The number of furan rings is 1. The normalized spacial score (nSPS) is 14.7. The molecular formula is C21H15F6NO2. The minimum absolute atomic E-state index is 0.0786. The first-order valence-corrected chi connectivity index (χ1v) is 9.13. The monoisotopic (exact) mass is 427 g/mol. The zero-order valence-electron chi connectivity index (χ0n) is 15.4. The second kappa shape index (κ2) is 6.78. The Morgan fingerprint density at radius 2 is 1.53 bits per heavy atom. The average Bonchev–Trinajstić information content (AvgIpc) is 2.99. The summed E-state index contributed by atoms with van der Waals surface area (Å²) in [6, 6.07) is 4.34. The van der Waals surface area contributed by atoms with Gasteiger partial charge in [-0.2, -0.15) is 26.3 Å². The Labute approximate surface area is 166 Å². The molecule has 1 heterocycles. The van der Waals surface area contributed by atoms with Gasteiger partial charge in [0.1, 0.15) is 5.58 Å². The number of nitrogen functional groups attached to an aromatic ring is 1. The molecule has 0 unspecified atom stereocenters. The molecule has 3 nitrogen and oxygen atoms in total. The van der Waals surface area contributed by atoms with Crippen LogP contribution in [0.15, 0.2) is 34.7 Å². The number of halogens is 6. The van der Waals surface area contributed by atoms with Crippen molar-refractivity contribution in [2.45, 2.75) is 38.0 Å². The van der Waals surface area contributed by atoms with E-state index in [-0.39, 0.29) is 17.3 Å². The summed E-state index contributed by atoms with van der Waals surface area (Å²) in [6.45, 7) is 0. The number of carbonyl (C=O) groups is 1. The molecular weight excluding hydrogens is 412 g/mol. The Bertz CT molecular complexity index is 1160. The average molecular weight is 427 g/mol. The Balaban J connectivity index is 1.85. The van der Waals surface area contributed by atoms with Crippen LogP contribution in [0.4, 0.5) is 32.0 Å². The van der Waals surface area contributed by atoms with Gasteiger partial charge in [-0.3, -0.25) is 4.79 Å². The number of hydrogen-bond acceptors (Lipinski definition) is 3. The number of ketones is 1. The van der Waals surface area contributed by atoms with Crippen LogP contribution in [-0.4, -0.2) is 5.78 Å². The molecule has 158 valence electrons. The summed E-state index contributed by atoms with van der Waals surface area (Å²) in [5, 5.41) is 0.402. The molecule has 0 fully saturated rings. The molecule has 0 spiro atoms. The Hall–Kier alpha value is -2.97. The van der Waals surface area contributed by atoms with Gasteiger partial charge in [0.2, 0.25) is 5.78 Å². The molecule has 2 N–H and O–H groups in total. The fourth-order valence-electron chi connectivity index (χ4n) is 3.79. The van der Waals surface area contributed by atoms with E-state index in [0.29, 0.717) is 17.5 Å². The van der Waals surface area contributed by atoms with Crippen LogP contribution in [0.1, 0.15) is 51.2 Å². The molecule has 2 aromatic carbocycles. The number of rotatable bonds is 2. The van der Waals surface area contributed by atoms with E-state index in [1.165, 1.54) is 0 Å². The van der Waals surface area contributed by atoms with Gasteiger partial charge in [0.05, 0.1) is 16.8 Å². The zero-order chi connectivity index (χ0) is 21.8. The number of alkyl halides is 6. The van der Waals surface area contributed by atoms with Crippen LogP contribution >= 0.6 is 0 Å². The maximum absolute atomic E-state index is 13.4. The number of benzene rings is 2. The second-order valence-electron chi connectivity index (χ2n) is 7.25. The van der Waals surface area contributed by atoms with Crippen LogP contribution in [-0.2, 0) is 25.2 Å². The van der Waals surface area contributed by atoms with Gasteiger partial charge < -0.3 is 10.2 Å². The standard InChI is InChI=1S/C21H15F6NO2/c22-20(23,24)12-5-6-13(15(9-12)21(25,26)27)18(29)19-17(28)14-7-10-3-1-2-4-11(10)8-16(14)30-19/h5-9H,1-4,28H2. The number of carbonyl (C=O) groups excluding carboxylic acids is 1. The first-order valence-electron chi connectivity index (χ1n) is 9.13. The number of aryl methyl sites for hydroxylation is 2. The van der Waals surface area contributed by atoms with Gasteiger partial charge in [-0.15, -0.1) is 0 Å². The van der Waals surface area contributed by atoms with E-state index in [0.717, 1.165) is 36.8 Å². The molecule has 0 amide bonds. The van der Waals surface area contributed by atoms with Gasteiger partial charge in [0.15, 0.2) is 5.76 Å². The van der Waals surface area contributed by atoms with Crippen molar-refractivity contribution >= 4 is 22.4 Å². The van der Waals surface area contributed by atoms with Crippen molar-refractivity contribution < 1.29 is 35.6 Å². The second-order valence-corrected chi connectivity index (χ2v) is 7.25. The van der Waals surface area contributed by atoms with Gasteiger partial charge in [0, 0.05) is 10.9 Å². The Kier molecular flexibility index (Phi) is 4.59. The summed E-state index contributed by atoms with van der Waals surface area (Å²) >= 11 is 0. The van der Waals surface area contributed by atoms with E-state index in [9.17, 15) is 31.1 Å². The van der Waals surface area contributed by atoms with Crippen LogP contribution < -0.4 is 5.73 Å². The van der Waals surface area contributed by atoms with Gasteiger partial charge in [-0.25, -0.2) is 0 Å². The van der Waals surface area contributed by atoms with E-state index in [2.05, 4.69) is 0 Å². The highest BCUT2D eigenvalue weighted by Gasteiger charge is 2.40. The summed E-state index contributed by atoms with van der Waals surface area (Å²) in [4.78, 5) is 12.8. The van der Waals surface area contributed by atoms with E-state index < -0.39 is 40.6 Å². The molecule has 30 heavy (non-hydrogen) atoms. The minimum atomic E-state index is -5.17. The first-order chi connectivity index (χ1) is 14.0. The number of nitrogens with two attached hydrogens (primary N) is 1. The van der Waals surface area contributed by atoms with E-state index in [1.54, 1.807) is 12.1 Å². The lowest BCUT2D eigenvalue weighted by atomic mass is 9.90. The summed E-state index contributed by atoms with van der Waals surface area (Å²) in [6.07, 6.45) is -6.56. The van der Waals surface area contributed by atoms with E-state index in [4.69, 9.17) is 10.2 Å². The molecule has 9 heteroatoms. The first kappa shape index (κ1) is 20.3.